The van der Waals surface area contributed by atoms with Gasteiger partial charge in [0.25, 0.3) is 0 Å². The molecule has 0 radical (unpaired) electrons. The van der Waals surface area contributed by atoms with Crippen LogP contribution >= 0.6 is 35.6 Å². The molecule has 0 spiro atoms. The van der Waals surface area contributed by atoms with Crippen molar-refractivity contribution in [3.8, 4) is 5.75 Å². The molecule has 2 fully saturated rings. The van der Waals surface area contributed by atoms with Crippen LogP contribution in [-0.4, -0.2) is 68.9 Å². The Morgan fingerprint density at radius 1 is 1.30 bits per heavy atom. The summed E-state index contributed by atoms with van der Waals surface area (Å²) in [6.07, 6.45) is 3.44. The monoisotopic (exact) mass is 550 g/mol. The van der Waals surface area contributed by atoms with E-state index in [2.05, 4.69) is 22.5 Å². The Morgan fingerprint density at radius 3 is 2.73 bits per heavy atom. The predicted molar refractivity (Wildman–Crippen MR) is 134 cm³/mol. The molecule has 6 nitrogen and oxygen atoms in total. The quantitative estimate of drug-likeness (QED) is 0.293. The summed E-state index contributed by atoms with van der Waals surface area (Å²) >= 11 is 6.18. The number of hydrogen-bond acceptors (Lipinski definition) is 4. The zero-order chi connectivity index (χ0) is 20.5. The van der Waals surface area contributed by atoms with Crippen molar-refractivity contribution in [3.05, 3.63) is 29.3 Å². The van der Waals surface area contributed by atoms with Crippen molar-refractivity contribution >= 4 is 41.5 Å². The summed E-state index contributed by atoms with van der Waals surface area (Å²) in [5.41, 5.74) is 0. The van der Waals surface area contributed by atoms with Gasteiger partial charge in [-0.25, -0.2) is 4.99 Å². The van der Waals surface area contributed by atoms with Crippen molar-refractivity contribution in [1.29, 1.82) is 0 Å². The van der Waals surface area contributed by atoms with Gasteiger partial charge in [0, 0.05) is 38.8 Å². The topological polar surface area (TPSA) is 58.1 Å². The molecule has 0 aliphatic carbocycles. The highest BCUT2D eigenvalue weighted by molar-refractivity contribution is 14.0. The average Bonchev–Trinajstić information content (AvgIpc) is 3.23. The minimum Gasteiger partial charge on any atom is -0.487 e. The van der Waals surface area contributed by atoms with E-state index in [1.807, 2.05) is 31.2 Å². The molecule has 2 heterocycles. The molecule has 30 heavy (non-hydrogen) atoms. The fraction of sp³-hybridized carbons (Fsp3) is 0.682. The van der Waals surface area contributed by atoms with Crippen LogP contribution in [0.2, 0.25) is 5.02 Å². The van der Waals surface area contributed by atoms with Crippen molar-refractivity contribution < 1.29 is 9.47 Å². The van der Waals surface area contributed by atoms with E-state index < -0.39 is 0 Å². The smallest absolute Gasteiger partial charge is 0.191 e. The number of guanidine groups is 1. The molecule has 170 valence electrons. The highest BCUT2D eigenvalue weighted by Crippen LogP contribution is 2.24. The Labute approximate surface area is 203 Å². The van der Waals surface area contributed by atoms with Gasteiger partial charge < -0.3 is 25.0 Å². The zero-order valence-electron chi connectivity index (χ0n) is 18.1. The SMILES string of the molecule is CCNC(=NCC(C)Oc1ccccc1Cl)NC1CCN(CC2CCOC2)CC1.I. The molecule has 2 saturated heterocycles. The van der Waals surface area contributed by atoms with E-state index in [1.165, 1.54) is 13.0 Å². The van der Waals surface area contributed by atoms with Crippen LogP contribution in [-0.2, 0) is 4.74 Å². The summed E-state index contributed by atoms with van der Waals surface area (Å²) in [6.45, 7) is 10.8. The van der Waals surface area contributed by atoms with Crippen LogP contribution in [0.5, 0.6) is 5.75 Å². The Kier molecular flexibility index (Phi) is 11.6. The molecule has 0 bridgehead atoms. The van der Waals surface area contributed by atoms with Gasteiger partial charge in [-0.1, -0.05) is 23.7 Å². The Morgan fingerprint density at radius 2 is 2.07 bits per heavy atom. The third-order valence-corrected chi connectivity index (χ3v) is 5.80. The van der Waals surface area contributed by atoms with E-state index in [4.69, 9.17) is 26.1 Å². The normalized spacial score (nSPS) is 21.7. The van der Waals surface area contributed by atoms with Gasteiger partial charge in [-0.05, 0) is 51.2 Å². The van der Waals surface area contributed by atoms with Gasteiger partial charge in [0.2, 0.25) is 0 Å². The van der Waals surface area contributed by atoms with Crippen LogP contribution in [0, 0.1) is 5.92 Å². The van der Waals surface area contributed by atoms with Crippen LogP contribution in [0.1, 0.15) is 33.1 Å². The predicted octanol–water partition coefficient (Wildman–Crippen LogP) is 3.78. The van der Waals surface area contributed by atoms with Crippen molar-refractivity contribution in [2.75, 3.05) is 45.9 Å². The minimum absolute atomic E-state index is 0. The van der Waals surface area contributed by atoms with Crippen molar-refractivity contribution in [2.24, 2.45) is 10.9 Å². The lowest BCUT2D eigenvalue weighted by Gasteiger charge is -2.34. The average molecular weight is 551 g/mol. The summed E-state index contributed by atoms with van der Waals surface area (Å²) in [5, 5.41) is 7.59. The molecule has 3 rings (SSSR count). The number of rotatable bonds is 8. The van der Waals surface area contributed by atoms with E-state index in [-0.39, 0.29) is 30.1 Å². The number of ether oxygens (including phenoxy) is 2. The number of likely N-dealkylation sites (tertiary alicyclic amines) is 1. The van der Waals surface area contributed by atoms with Crippen molar-refractivity contribution in [3.63, 3.8) is 0 Å². The first kappa shape index (κ1) is 25.5. The number of nitrogens with one attached hydrogen (secondary N) is 2. The Bertz CT molecular complexity index is 650. The third kappa shape index (κ3) is 8.40. The molecular formula is C22H36ClIN4O2. The molecule has 8 heteroatoms. The Balaban J connectivity index is 0.00000320. The van der Waals surface area contributed by atoms with Gasteiger partial charge in [-0.2, -0.15) is 0 Å². The highest BCUT2D eigenvalue weighted by atomic mass is 127. The van der Waals surface area contributed by atoms with Crippen LogP contribution < -0.4 is 15.4 Å². The first-order valence-electron chi connectivity index (χ1n) is 10.9. The van der Waals surface area contributed by atoms with Crippen LogP contribution in [0.3, 0.4) is 0 Å². The van der Waals surface area contributed by atoms with Gasteiger partial charge >= 0.3 is 0 Å². The standard InChI is InChI=1S/C22H35ClN4O2.HI/c1-3-24-22(25-14-17(2)29-21-7-5-4-6-20(21)23)26-19-8-11-27(12-9-19)15-18-10-13-28-16-18;/h4-7,17-19H,3,8-16H2,1-2H3,(H2,24,25,26);1H. The molecule has 2 aliphatic rings. The first-order valence-corrected chi connectivity index (χ1v) is 11.3. The molecule has 2 aliphatic heterocycles. The van der Waals surface area contributed by atoms with Gasteiger partial charge in [0.05, 0.1) is 18.2 Å². The number of para-hydroxylation sites is 1. The lowest BCUT2D eigenvalue weighted by molar-refractivity contribution is 0.150. The summed E-state index contributed by atoms with van der Waals surface area (Å²) in [6, 6.07) is 8.01. The lowest BCUT2D eigenvalue weighted by atomic mass is 10.0. The van der Waals surface area contributed by atoms with Crippen LogP contribution in [0.25, 0.3) is 0 Å². The maximum Gasteiger partial charge on any atom is 0.191 e. The van der Waals surface area contributed by atoms with E-state index in [1.54, 1.807) is 0 Å². The van der Waals surface area contributed by atoms with Crippen LogP contribution in [0.15, 0.2) is 29.3 Å². The number of nitrogens with zero attached hydrogens (tertiary/aromatic N) is 2. The molecule has 2 N–H and O–H groups in total. The highest BCUT2D eigenvalue weighted by Gasteiger charge is 2.24. The number of aliphatic imine (C=N–C) groups is 1. The third-order valence-electron chi connectivity index (χ3n) is 5.48. The second-order valence-corrected chi connectivity index (χ2v) is 8.43. The van der Waals surface area contributed by atoms with Crippen molar-refractivity contribution in [1.82, 2.24) is 15.5 Å². The van der Waals surface area contributed by atoms with E-state index in [0.29, 0.717) is 23.4 Å². The fourth-order valence-electron chi connectivity index (χ4n) is 3.88. The summed E-state index contributed by atoms with van der Waals surface area (Å²) < 4.78 is 11.4. The second kappa shape index (κ2) is 13.6. The van der Waals surface area contributed by atoms with E-state index in [9.17, 15) is 0 Å². The zero-order valence-corrected chi connectivity index (χ0v) is 21.2. The van der Waals surface area contributed by atoms with Gasteiger partial charge in [-0.3, -0.25) is 0 Å². The number of halogens is 2. The molecule has 0 amide bonds. The molecule has 2 unspecified atom stereocenters. The van der Waals surface area contributed by atoms with Gasteiger partial charge in [0.15, 0.2) is 5.96 Å². The molecule has 1 aromatic carbocycles. The number of piperidine rings is 1. The Hall–Kier alpha value is -0.770. The van der Waals surface area contributed by atoms with Gasteiger partial charge in [0.1, 0.15) is 11.9 Å². The largest absolute Gasteiger partial charge is 0.487 e. The summed E-state index contributed by atoms with van der Waals surface area (Å²) in [7, 11) is 0. The number of hydrogen-bond donors (Lipinski definition) is 2. The molecule has 1 aromatic rings. The minimum atomic E-state index is -0.0548. The fourth-order valence-corrected chi connectivity index (χ4v) is 4.06. The summed E-state index contributed by atoms with van der Waals surface area (Å²) in [4.78, 5) is 7.32. The molecule has 0 saturated carbocycles. The molecule has 0 aromatic heterocycles. The van der Waals surface area contributed by atoms with E-state index in [0.717, 1.165) is 57.6 Å². The van der Waals surface area contributed by atoms with Crippen molar-refractivity contribution in [2.45, 2.75) is 45.3 Å². The molecular weight excluding hydrogens is 515 g/mol. The first-order chi connectivity index (χ1) is 14.1. The maximum absolute atomic E-state index is 6.18. The van der Waals surface area contributed by atoms with Gasteiger partial charge in [-0.15, -0.1) is 24.0 Å². The maximum atomic E-state index is 6.18. The summed E-state index contributed by atoms with van der Waals surface area (Å²) in [5.74, 6) is 2.29. The van der Waals surface area contributed by atoms with E-state index >= 15 is 0 Å². The molecule has 2 atom stereocenters. The number of benzene rings is 1. The lowest BCUT2D eigenvalue weighted by Crippen LogP contribution is -2.49. The second-order valence-electron chi connectivity index (χ2n) is 8.03. The van der Waals surface area contributed by atoms with Crippen LogP contribution in [0.4, 0.5) is 0 Å².